The summed E-state index contributed by atoms with van der Waals surface area (Å²) in [6.07, 6.45) is 1.56. The van der Waals surface area contributed by atoms with Crippen LogP contribution in [-0.4, -0.2) is 18.0 Å². The molecule has 0 aromatic heterocycles. The summed E-state index contributed by atoms with van der Waals surface area (Å²) >= 11 is 6.72. The summed E-state index contributed by atoms with van der Waals surface area (Å²) in [4.78, 5) is 24.4. The van der Waals surface area contributed by atoms with Gasteiger partial charge >= 0.3 is 0 Å². The summed E-state index contributed by atoms with van der Waals surface area (Å²) in [6.45, 7) is 0. The van der Waals surface area contributed by atoms with Crippen LogP contribution in [0.15, 0.2) is 86.8 Å². The van der Waals surface area contributed by atoms with Crippen molar-refractivity contribution in [3.63, 3.8) is 0 Å². The number of amides is 2. The number of anilines is 1. The molecule has 3 aromatic rings. The van der Waals surface area contributed by atoms with E-state index >= 15 is 0 Å². The van der Waals surface area contributed by atoms with Crippen LogP contribution in [0.5, 0.6) is 0 Å². The van der Waals surface area contributed by atoms with Gasteiger partial charge in [-0.3, -0.25) is 9.59 Å². The lowest BCUT2D eigenvalue weighted by molar-refractivity contribution is 0.0954. The third-order valence-electron chi connectivity index (χ3n) is 3.74. The van der Waals surface area contributed by atoms with Crippen molar-refractivity contribution in [2.24, 2.45) is 5.10 Å². The lowest BCUT2D eigenvalue weighted by Crippen LogP contribution is -2.17. The lowest BCUT2D eigenvalue weighted by Gasteiger charge is -2.06. The van der Waals surface area contributed by atoms with Crippen LogP contribution in [0, 0.1) is 0 Å². The van der Waals surface area contributed by atoms with Crippen molar-refractivity contribution in [3.05, 3.63) is 98.4 Å². The Morgan fingerprint density at radius 2 is 1.43 bits per heavy atom. The SMILES string of the molecule is O=C(N/N=C/c1cccc(Br)c1)c1ccc(NC(=O)c2ccc(Br)cc2)cc1. The van der Waals surface area contributed by atoms with Crippen molar-refractivity contribution in [2.45, 2.75) is 0 Å². The minimum Gasteiger partial charge on any atom is -0.322 e. The van der Waals surface area contributed by atoms with Gasteiger partial charge in [-0.1, -0.05) is 44.0 Å². The number of hydrazone groups is 1. The second kappa shape index (κ2) is 9.43. The normalized spacial score (nSPS) is 10.6. The minimum absolute atomic E-state index is 0.219. The van der Waals surface area contributed by atoms with E-state index in [0.29, 0.717) is 16.8 Å². The van der Waals surface area contributed by atoms with Crippen molar-refractivity contribution in [1.82, 2.24) is 5.43 Å². The molecule has 0 saturated heterocycles. The molecule has 5 nitrogen and oxygen atoms in total. The fraction of sp³-hybridized carbons (Fsp3) is 0. The lowest BCUT2D eigenvalue weighted by atomic mass is 10.1. The number of benzene rings is 3. The second-order valence-electron chi connectivity index (χ2n) is 5.79. The van der Waals surface area contributed by atoms with Crippen molar-refractivity contribution >= 4 is 55.6 Å². The molecule has 0 fully saturated rings. The summed E-state index contributed by atoms with van der Waals surface area (Å²) in [6, 6.07) is 21.2. The quantitative estimate of drug-likeness (QED) is 0.372. The van der Waals surface area contributed by atoms with Crippen molar-refractivity contribution in [1.29, 1.82) is 0 Å². The first-order valence-electron chi connectivity index (χ1n) is 8.27. The molecule has 0 aliphatic rings. The molecule has 3 aromatic carbocycles. The highest BCUT2D eigenvalue weighted by Gasteiger charge is 2.08. The topological polar surface area (TPSA) is 70.6 Å². The molecule has 2 N–H and O–H groups in total. The molecular weight excluding hydrogens is 486 g/mol. The second-order valence-corrected chi connectivity index (χ2v) is 7.62. The molecule has 2 amide bonds. The van der Waals surface area contributed by atoms with Gasteiger partial charge in [0.15, 0.2) is 0 Å². The van der Waals surface area contributed by atoms with Crippen LogP contribution in [0.2, 0.25) is 0 Å². The molecule has 0 unspecified atom stereocenters. The summed E-state index contributed by atoms with van der Waals surface area (Å²) in [5.41, 5.74) is 4.93. The Kier molecular flexibility index (Phi) is 6.73. The van der Waals surface area contributed by atoms with Gasteiger partial charge in [0, 0.05) is 25.8 Å². The first kappa shape index (κ1) is 20.0. The minimum atomic E-state index is -0.336. The molecule has 0 spiro atoms. The largest absolute Gasteiger partial charge is 0.322 e. The molecule has 0 aliphatic heterocycles. The van der Waals surface area contributed by atoms with E-state index < -0.39 is 0 Å². The number of halogens is 2. The Morgan fingerprint density at radius 1 is 0.786 bits per heavy atom. The highest BCUT2D eigenvalue weighted by atomic mass is 79.9. The summed E-state index contributed by atoms with van der Waals surface area (Å²) in [5, 5.41) is 6.75. The van der Waals surface area contributed by atoms with Crippen LogP contribution < -0.4 is 10.7 Å². The van der Waals surface area contributed by atoms with Gasteiger partial charge in [0.25, 0.3) is 11.8 Å². The predicted molar refractivity (Wildman–Crippen MR) is 118 cm³/mol. The summed E-state index contributed by atoms with van der Waals surface area (Å²) < 4.78 is 1.84. The smallest absolute Gasteiger partial charge is 0.271 e. The third kappa shape index (κ3) is 5.61. The average Bonchev–Trinajstić information content (AvgIpc) is 2.69. The van der Waals surface area contributed by atoms with E-state index in [1.165, 1.54) is 0 Å². The Bertz CT molecular complexity index is 1020. The number of nitrogens with zero attached hydrogens (tertiary/aromatic N) is 1. The third-order valence-corrected chi connectivity index (χ3v) is 4.76. The van der Waals surface area contributed by atoms with Crippen LogP contribution in [-0.2, 0) is 0 Å². The molecular formula is C21H15Br2N3O2. The highest BCUT2D eigenvalue weighted by Crippen LogP contribution is 2.14. The maximum Gasteiger partial charge on any atom is 0.271 e. The van der Waals surface area contributed by atoms with E-state index in [1.807, 2.05) is 24.3 Å². The zero-order valence-corrected chi connectivity index (χ0v) is 17.7. The Hall–Kier alpha value is -2.77. The van der Waals surface area contributed by atoms with Gasteiger partial charge in [-0.2, -0.15) is 5.10 Å². The van der Waals surface area contributed by atoms with Crippen LogP contribution in [0.25, 0.3) is 0 Å². The van der Waals surface area contributed by atoms with Gasteiger partial charge in [-0.15, -0.1) is 0 Å². The van der Waals surface area contributed by atoms with E-state index in [9.17, 15) is 9.59 Å². The van der Waals surface area contributed by atoms with E-state index in [2.05, 4.69) is 47.7 Å². The Morgan fingerprint density at radius 3 is 2.11 bits per heavy atom. The summed E-state index contributed by atoms with van der Waals surface area (Å²) in [5.74, 6) is -0.555. The fourth-order valence-electron chi connectivity index (χ4n) is 2.33. The van der Waals surface area contributed by atoms with E-state index in [4.69, 9.17) is 0 Å². The van der Waals surface area contributed by atoms with Crippen LogP contribution >= 0.6 is 31.9 Å². The molecule has 0 saturated carbocycles. The Labute approximate surface area is 179 Å². The highest BCUT2D eigenvalue weighted by molar-refractivity contribution is 9.10. The molecule has 7 heteroatoms. The van der Waals surface area contributed by atoms with Crippen LogP contribution in [0.3, 0.4) is 0 Å². The maximum atomic E-state index is 12.2. The zero-order chi connectivity index (χ0) is 19.9. The van der Waals surface area contributed by atoms with E-state index in [0.717, 1.165) is 14.5 Å². The molecule has 140 valence electrons. The summed E-state index contributed by atoms with van der Waals surface area (Å²) in [7, 11) is 0. The van der Waals surface area contributed by atoms with Gasteiger partial charge in [0.1, 0.15) is 0 Å². The number of hydrogen-bond acceptors (Lipinski definition) is 3. The monoisotopic (exact) mass is 499 g/mol. The molecule has 0 atom stereocenters. The Balaban J connectivity index is 1.58. The molecule has 0 bridgehead atoms. The van der Waals surface area contributed by atoms with Crippen molar-refractivity contribution < 1.29 is 9.59 Å². The molecule has 0 aliphatic carbocycles. The van der Waals surface area contributed by atoms with Gasteiger partial charge < -0.3 is 5.32 Å². The van der Waals surface area contributed by atoms with E-state index in [-0.39, 0.29) is 11.8 Å². The molecule has 0 heterocycles. The van der Waals surface area contributed by atoms with Crippen molar-refractivity contribution in [2.75, 3.05) is 5.32 Å². The zero-order valence-electron chi connectivity index (χ0n) is 14.5. The van der Waals surface area contributed by atoms with Crippen LogP contribution in [0.1, 0.15) is 26.3 Å². The van der Waals surface area contributed by atoms with Crippen LogP contribution in [0.4, 0.5) is 5.69 Å². The average molecular weight is 501 g/mol. The molecule has 0 radical (unpaired) electrons. The maximum absolute atomic E-state index is 12.2. The van der Waals surface area contributed by atoms with Gasteiger partial charge in [-0.05, 0) is 66.2 Å². The number of carbonyl (C=O) groups excluding carboxylic acids is 2. The number of nitrogens with one attached hydrogen (secondary N) is 2. The number of carbonyl (C=O) groups is 2. The molecule has 3 rings (SSSR count). The van der Waals surface area contributed by atoms with E-state index in [1.54, 1.807) is 54.7 Å². The van der Waals surface area contributed by atoms with Gasteiger partial charge in [-0.25, -0.2) is 5.43 Å². The van der Waals surface area contributed by atoms with Gasteiger partial charge in [0.05, 0.1) is 6.21 Å². The van der Waals surface area contributed by atoms with Gasteiger partial charge in [0.2, 0.25) is 0 Å². The number of hydrogen-bond donors (Lipinski definition) is 2. The first-order chi connectivity index (χ1) is 13.5. The van der Waals surface area contributed by atoms with Crippen molar-refractivity contribution in [3.8, 4) is 0 Å². The molecule has 28 heavy (non-hydrogen) atoms. The standard InChI is InChI=1S/C21H15Br2N3O2/c22-17-8-4-15(5-9-17)20(27)25-19-10-6-16(7-11-19)21(28)26-24-13-14-2-1-3-18(23)12-14/h1-13H,(H,25,27)(H,26,28)/b24-13+. The predicted octanol–water partition coefficient (Wildman–Crippen LogP) is 5.23. The number of rotatable bonds is 5. The first-order valence-corrected chi connectivity index (χ1v) is 9.86. The fourth-order valence-corrected chi connectivity index (χ4v) is 3.01.